The quantitative estimate of drug-likeness (QED) is 0.897. The van der Waals surface area contributed by atoms with Crippen molar-refractivity contribution < 1.29 is 9.84 Å². The number of aliphatic hydroxyl groups is 1. The van der Waals surface area contributed by atoms with Gasteiger partial charge in [-0.05, 0) is 50.3 Å². The Labute approximate surface area is 122 Å². The summed E-state index contributed by atoms with van der Waals surface area (Å²) in [6.45, 7) is 6.18. The van der Waals surface area contributed by atoms with Crippen LogP contribution < -0.4 is 4.74 Å². The lowest BCUT2D eigenvalue weighted by Crippen LogP contribution is -2.36. The molecule has 1 N–H and O–H groups in total. The molecular weight excluding hydrogens is 260 g/mol. The molecule has 2 atom stereocenters. The summed E-state index contributed by atoms with van der Waals surface area (Å²) in [6, 6.07) is 7.96. The summed E-state index contributed by atoms with van der Waals surface area (Å²) in [7, 11) is 0. The van der Waals surface area contributed by atoms with E-state index in [0.717, 1.165) is 30.6 Å². The molecule has 1 aliphatic rings. The van der Waals surface area contributed by atoms with Gasteiger partial charge in [0.2, 0.25) is 0 Å². The van der Waals surface area contributed by atoms with Crippen LogP contribution in [0.25, 0.3) is 0 Å². The molecule has 1 aromatic rings. The molecule has 2 rings (SSSR count). The molecule has 1 aromatic carbocycles. The average Bonchev–Trinajstić information content (AvgIpc) is 2.32. The van der Waals surface area contributed by atoms with E-state index < -0.39 is 5.60 Å². The van der Waals surface area contributed by atoms with Gasteiger partial charge in [0.15, 0.2) is 0 Å². The molecule has 0 spiro atoms. The van der Waals surface area contributed by atoms with Gasteiger partial charge in [0, 0.05) is 0 Å². The molecule has 0 aliphatic heterocycles. The van der Waals surface area contributed by atoms with E-state index in [1.165, 1.54) is 6.42 Å². The van der Waals surface area contributed by atoms with Crippen LogP contribution in [0.4, 0.5) is 0 Å². The highest BCUT2D eigenvalue weighted by molar-refractivity contribution is 5.85. The number of rotatable bonds is 3. The first-order valence-corrected chi connectivity index (χ1v) is 7.02. The Morgan fingerprint density at radius 2 is 2.05 bits per heavy atom. The first-order valence-electron chi connectivity index (χ1n) is 7.02. The van der Waals surface area contributed by atoms with Crippen molar-refractivity contribution in [3.05, 3.63) is 29.8 Å². The molecule has 0 saturated heterocycles. The van der Waals surface area contributed by atoms with Gasteiger partial charge in [-0.1, -0.05) is 31.9 Å². The molecule has 1 aliphatic carbocycles. The molecule has 108 valence electrons. The second kappa shape index (κ2) is 6.62. The van der Waals surface area contributed by atoms with Crippen molar-refractivity contribution in [1.29, 1.82) is 0 Å². The topological polar surface area (TPSA) is 29.5 Å². The number of hydrogen-bond acceptors (Lipinski definition) is 2. The monoisotopic (exact) mass is 284 g/mol. The summed E-state index contributed by atoms with van der Waals surface area (Å²) in [5.41, 5.74) is 0.335. The molecule has 3 heteroatoms. The molecule has 2 unspecified atom stereocenters. The molecule has 0 radical (unpaired) electrons. The van der Waals surface area contributed by atoms with Gasteiger partial charge in [0.1, 0.15) is 5.75 Å². The van der Waals surface area contributed by atoms with Crippen LogP contribution in [0, 0.1) is 5.92 Å². The van der Waals surface area contributed by atoms with Crippen molar-refractivity contribution >= 4 is 12.4 Å². The highest BCUT2D eigenvalue weighted by atomic mass is 35.5. The van der Waals surface area contributed by atoms with Crippen molar-refractivity contribution in [2.24, 2.45) is 5.92 Å². The van der Waals surface area contributed by atoms with E-state index in [1.54, 1.807) is 0 Å². The smallest absolute Gasteiger partial charge is 0.120 e. The SMILES string of the molecule is CC(C)Oc1cccc(C2(O)CCCCC2C)c1.Cl. The zero-order chi connectivity index (χ0) is 13.2. The molecular formula is C16H25ClO2. The Morgan fingerprint density at radius 3 is 2.68 bits per heavy atom. The minimum Gasteiger partial charge on any atom is -0.491 e. The molecule has 19 heavy (non-hydrogen) atoms. The largest absolute Gasteiger partial charge is 0.491 e. The van der Waals surface area contributed by atoms with E-state index in [2.05, 4.69) is 6.92 Å². The van der Waals surface area contributed by atoms with E-state index in [4.69, 9.17) is 4.74 Å². The van der Waals surface area contributed by atoms with Crippen LogP contribution in [-0.2, 0) is 5.60 Å². The number of hydrogen-bond donors (Lipinski definition) is 1. The van der Waals surface area contributed by atoms with Crippen LogP contribution in [-0.4, -0.2) is 11.2 Å². The summed E-state index contributed by atoms with van der Waals surface area (Å²) in [5.74, 6) is 1.18. The first-order chi connectivity index (χ1) is 8.52. The summed E-state index contributed by atoms with van der Waals surface area (Å²) < 4.78 is 5.71. The predicted octanol–water partition coefficient (Wildman–Crippen LogP) is 4.29. The fourth-order valence-electron chi connectivity index (χ4n) is 2.87. The second-order valence-corrected chi connectivity index (χ2v) is 5.77. The van der Waals surface area contributed by atoms with Crippen LogP contribution in [0.3, 0.4) is 0 Å². The number of ether oxygens (including phenoxy) is 1. The summed E-state index contributed by atoms with van der Waals surface area (Å²) in [6.07, 6.45) is 4.46. The second-order valence-electron chi connectivity index (χ2n) is 5.77. The van der Waals surface area contributed by atoms with Gasteiger partial charge in [0.05, 0.1) is 11.7 Å². The maximum atomic E-state index is 10.9. The Bertz CT molecular complexity index is 405. The third kappa shape index (κ3) is 3.64. The highest BCUT2D eigenvalue weighted by Gasteiger charge is 2.37. The summed E-state index contributed by atoms with van der Waals surface area (Å²) in [4.78, 5) is 0. The van der Waals surface area contributed by atoms with Crippen LogP contribution in [0.2, 0.25) is 0 Å². The normalized spacial score (nSPS) is 26.9. The van der Waals surface area contributed by atoms with Crippen molar-refractivity contribution in [1.82, 2.24) is 0 Å². The molecule has 0 aromatic heterocycles. The average molecular weight is 285 g/mol. The summed E-state index contributed by atoms with van der Waals surface area (Å²) >= 11 is 0. The maximum absolute atomic E-state index is 10.9. The molecule has 0 bridgehead atoms. The van der Waals surface area contributed by atoms with Gasteiger partial charge >= 0.3 is 0 Å². The van der Waals surface area contributed by atoms with Gasteiger partial charge in [-0.25, -0.2) is 0 Å². The van der Waals surface area contributed by atoms with Crippen molar-refractivity contribution in [2.45, 2.75) is 58.2 Å². The maximum Gasteiger partial charge on any atom is 0.120 e. The summed E-state index contributed by atoms with van der Waals surface area (Å²) in [5, 5.41) is 10.9. The fraction of sp³-hybridized carbons (Fsp3) is 0.625. The number of halogens is 1. The zero-order valence-corrected chi connectivity index (χ0v) is 12.9. The molecule has 0 heterocycles. The Kier molecular flexibility index (Phi) is 5.69. The minimum absolute atomic E-state index is 0. The van der Waals surface area contributed by atoms with Crippen molar-refractivity contribution in [3.8, 4) is 5.75 Å². The third-order valence-corrected chi connectivity index (χ3v) is 3.97. The zero-order valence-electron chi connectivity index (χ0n) is 12.1. The van der Waals surface area contributed by atoms with Gasteiger partial charge in [-0.15, -0.1) is 12.4 Å². The lowest BCUT2D eigenvalue weighted by Gasteiger charge is -2.38. The minimum atomic E-state index is -0.672. The lowest BCUT2D eigenvalue weighted by atomic mass is 9.72. The first kappa shape index (κ1) is 16.3. The van der Waals surface area contributed by atoms with E-state index in [9.17, 15) is 5.11 Å². The van der Waals surface area contributed by atoms with Crippen molar-refractivity contribution in [3.63, 3.8) is 0 Å². The van der Waals surface area contributed by atoms with Crippen LogP contribution in [0.1, 0.15) is 52.0 Å². The highest BCUT2D eigenvalue weighted by Crippen LogP contribution is 2.42. The molecule has 1 fully saturated rings. The standard InChI is InChI=1S/C16H24O2.ClH/c1-12(2)18-15-9-6-8-14(11-15)16(17)10-5-4-7-13(16)3;/h6,8-9,11-13,17H,4-5,7,10H2,1-3H3;1H. The Morgan fingerprint density at radius 1 is 1.32 bits per heavy atom. The Hall–Kier alpha value is -0.730. The van der Waals surface area contributed by atoms with Gasteiger partial charge in [-0.2, -0.15) is 0 Å². The van der Waals surface area contributed by atoms with E-state index in [-0.39, 0.29) is 18.5 Å². The van der Waals surface area contributed by atoms with Gasteiger partial charge < -0.3 is 9.84 Å². The van der Waals surface area contributed by atoms with Crippen LogP contribution >= 0.6 is 12.4 Å². The third-order valence-electron chi connectivity index (χ3n) is 3.97. The van der Waals surface area contributed by atoms with E-state index >= 15 is 0 Å². The molecule has 0 amide bonds. The van der Waals surface area contributed by atoms with Gasteiger partial charge in [-0.3, -0.25) is 0 Å². The molecule has 1 saturated carbocycles. The van der Waals surface area contributed by atoms with Crippen LogP contribution in [0.15, 0.2) is 24.3 Å². The Balaban J connectivity index is 0.00000180. The molecule has 2 nitrogen and oxygen atoms in total. The van der Waals surface area contributed by atoms with Crippen molar-refractivity contribution in [2.75, 3.05) is 0 Å². The lowest BCUT2D eigenvalue weighted by molar-refractivity contribution is -0.0471. The fourth-order valence-corrected chi connectivity index (χ4v) is 2.87. The van der Waals surface area contributed by atoms with E-state index in [0.29, 0.717) is 5.92 Å². The predicted molar refractivity (Wildman–Crippen MR) is 81.0 cm³/mol. The van der Waals surface area contributed by atoms with Crippen LogP contribution in [0.5, 0.6) is 5.75 Å². The number of benzene rings is 1. The van der Waals surface area contributed by atoms with E-state index in [1.807, 2.05) is 38.1 Å². The van der Waals surface area contributed by atoms with Gasteiger partial charge in [0.25, 0.3) is 0 Å².